The van der Waals surface area contributed by atoms with Gasteiger partial charge in [0.1, 0.15) is 11.3 Å². The molecule has 7 nitrogen and oxygen atoms in total. The maximum Gasteiger partial charge on any atom is 0.412 e. The van der Waals surface area contributed by atoms with Crippen LogP contribution in [0, 0.1) is 0 Å². The fourth-order valence-electron chi connectivity index (χ4n) is 1.47. The normalized spacial score (nSPS) is 13.9. The molecule has 0 unspecified atom stereocenters. The van der Waals surface area contributed by atoms with E-state index in [-0.39, 0.29) is 12.5 Å². The first-order valence-electron chi connectivity index (χ1n) is 5.76. The molecule has 0 bridgehead atoms. The molecule has 0 saturated heterocycles. The summed E-state index contributed by atoms with van der Waals surface area (Å²) in [5, 5.41) is 5.14. The Labute approximate surface area is 110 Å². The zero-order valence-electron chi connectivity index (χ0n) is 10.9. The minimum absolute atomic E-state index is 0.0567. The van der Waals surface area contributed by atoms with E-state index in [1.807, 2.05) is 0 Å². The molecule has 1 aromatic rings. The van der Waals surface area contributed by atoms with Gasteiger partial charge in [-0.3, -0.25) is 10.1 Å². The molecule has 2 heterocycles. The van der Waals surface area contributed by atoms with Crippen molar-refractivity contribution in [1.82, 2.24) is 4.98 Å². The monoisotopic (exact) mass is 265 g/mol. The SMILES string of the molecule is CC(C)(C)OC(=O)Nc1cnc2c(c1)NC(=O)CO2. The lowest BCUT2D eigenvalue weighted by atomic mass is 10.2. The minimum atomic E-state index is -0.586. The van der Waals surface area contributed by atoms with Crippen molar-refractivity contribution in [2.75, 3.05) is 17.2 Å². The topological polar surface area (TPSA) is 89.5 Å². The van der Waals surface area contributed by atoms with Gasteiger partial charge in [0.2, 0.25) is 5.88 Å². The lowest BCUT2D eigenvalue weighted by Gasteiger charge is -2.20. The Morgan fingerprint density at radius 1 is 1.53 bits per heavy atom. The Balaban J connectivity index is 2.08. The minimum Gasteiger partial charge on any atom is -0.466 e. The predicted octanol–water partition coefficient (Wildman–Crippen LogP) is 1.76. The standard InChI is InChI=1S/C12H15N3O4/c1-12(2,3)19-11(17)14-7-4-8-10(13-5-7)18-6-9(16)15-8/h4-5H,6H2,1-3H3,(H,14,17)(H,15,16). The highest BCUT2D eigenvalue weighted by atomic mass is 16.6. The van der Waals surface area contributed by atoms with Crippen LogP contribution in [0.4, 0.5) is 16.2 Å². The van der Waals surface area contributed by atoms with Crippen LogP contribution in [0.5, 0.6) is 5.88 Å². The van der Waals surface area contributed by atoms with Crippen molar-refractivity contribution in [2.24, 2.45) is 0 Å². The number of amides is 2. The van der Waals surface area contributed by atoms with Crippen LogP contribution < -0.4 is 15.4 Å². The molecule has 1 aliphatic rings. The summed E-state index contributed by atoms with van der Waals surface area (Å²) in [5.41, 5.74) is 0.256. The van der Waals surface area contributed by atoms with Gasteiger partial charge in [0, 0.05) is 0 Å². The fraction of sp³-hybridized carbons (Fsp3) is 0.417. The summed E-state index contributed by atoms with van der Waals surface area (Å²) in [4.78, 5) is 26.7. The van der Waals surface area contributed by atoms with E-state index >= 15 is 0 Å². The van der Waals surface area contributed by atoms with Crippen molar-refractivity contribution in [3.8, 4) is 5.88 Å². The van der Waals surface area contributed by atoms with Gasteiger partial charge in [-0.25, -0.2) is 9.78 Å². The van der Waals surface area contributed by atoms with Crippen molar-refractivity contribution in [3.63, 3.8) is 0 Å². The largest absolute Gasteiger partial charge is 0.466 e. The number of hydrogen-bond acceptors (Lipinski definition) is 5. The highest BCUT2D eigenvalue weighted by Crippen LogP contribution is 2.27. The molecule has 0 spiro atoms. The van der Waals surface area contributed by atoms with E-state index in [9.17, 15) is 9.59 Å². The zero-order valence-corrected chi connectivity index (χ0v) is 10.9. The second-order valence-electron chi connectivity index (χ2n) is 5.04. The van der Waals surface area contributed by atoms with Gasteiger partial charge in [-0.2, -0.15) is 0 Å². The van der Waals surface area contributed by atoms with E-state index in [0.29, 0.717) is 17.3 Å². The third kappa shape index (κ3) is 3.57. The number of rotatable bonds is 1. The van der Waals surface area contributed by atoms with E-state index in [0.717, 1.165) is 0 Å². The summed E-state index contributed by atoms with van der Waals surface area (Å²) in [6, 6.07) is 1.56. The van der Waals surface area contributed by atoms with E-state index in [1.165, 1.54) is 6.20 Å². The fourth-order valence-corrected chi connectivity index (χ4v) is 1.47. The molecule has 0 fully saturated rings. The van der Waals surface area contributed by atoms with Crippen LogP contribution in [0.1, 0.15) is 20.8 Å². The number of nitrogens with one attached hydrogen (secondary N) is 2. The molecule has 19 heavy (non-hydrogen) atoms. The van der Waals surface area contributed by atoms with Gasteiger partial charge in [0.25, 0.3) is 5.91 Å². The van der Waals surface area contributed by atoms with E-state index < -0.39 is 11.7 Å². The van der Waals surface area contributed by atoms with Gasteiger partial charge in [-0.15, -0.1) is 0 Å². The van der Waals surface area contributed by atoms with E-state index in [2.05, 4.69) is 15.6 Å². The lowest BCUT2D eigenvalue weighted by molar-refractivity contribution is -0.118. The molecular weight excluding hydrogens is 250 g/mol. The summed E-state index contributed by atoms with van der Waals surface area (Å²) in [6.45, 7) is 5.25. The summed E-state index contributed by atoms with van der Waals surface area (Å²) in [6.07, 6.45) is 0.845. The Bertz CT molecular complexity index is 522. The van der Waals surface area contributed by atoms with Crippen molar-refractivity contribution < 1.29 is 19.1 Å². The summed E-state index contributed by atoms with van der Waals surface area (Å²) >= 11 is 0. The first-order valence-corrected chi connectivity index (χ1v) is 5.76. The molecule has 2 rings (SSSR count). The second kappa shape index (κ2) is 4.75. The van der Waals surface area contributed by atoms with Gasteiger partial charge in [-0.1, -0.05) is 0 Å². The first-order chi connectivity index (χ1) is 8.83. The van der Waals surface area contributed by atoms with Crippen LogP contribution in [0.2, 0.25) is 0 Å². The van der Waals surface area contributed by atoms with Gasteiger partial charge in [0.05, 0.1) is 11.9 Å². The molecule has 0 atom stereocenters. The van der Waals surface area contributed by atoms with E-state index in [4.69, 9.17) is 9.47 Å². The van der Waals surface area contributed by atoms with Crippen LogP contribution in [0.15, 0.2) is 12.3 Å². The summed E-state index contributed by atoms with van der Waals surface area (Å²) < 4.78 is 10.2. The Morgan fingerprint density at radius 2 is 2.26 bits per heavy atom. The van der Waals surface area contributed by atoms with Crippen molar-refractivity contribution in [1.29, 1.82) is 0 Å². The van der Waals surface area contributed by atoms with E-state index in [1.54, 1.807) is 26.8 Å². The van der Waals surface area contributed by atoms with Crippen LogP contribution in [0.3, 0.4) is 0 Å². The van der Waals surface area contributed by atoms with Crippen molar-refractivity contribution >= 4 is 23.4 Å². The molecule has 1 aliphatic heterocycles. The Kier molecular flexibility index (Phi) is 3.28. The van der Waals surface area contributed by atoms with Gasteiger partial charge in [-0.05, 0) is 26.8 Å². The number of anilines is 2. The molecule has 2 amide bonds. The first kappa shape index (κ1) is 13.1. The summed E-state index contributed by atoms with van der Waals surface area (Å²) in [7, 11) is 0. The van der Waals surface area contributed by atoms with Crippen LogP contribution in [-0.4, -0.2) is 29.2 Å². The predicted molar refractivity (Wildman–Crippen MR) is 68.2 cm³/mol. The lowest BCUT2D eigenvalue weighted by Crippen LogP contribution is -2.28. The number of nitrogens with zero attached hydrogens (tertiary/aromatic N) is 1. The van der Waals surface area contributed by atoms with Crippen LogP contribution in [-0.2, 0) is 9.53 Å². The molecule has 7 heteroatoms. The highest BCUT2D eigenvalue weighted by molar-refractivity contribution is 5.96. The molecule has 1 aromatic heterocycles. The second-order valence-corrected chi connectivity index (χ2v) is 5.04. The number of aromatic nitrogens is 1. The smallest absolute Gasteiger partial charge is 0.412 e. The molecule has 0 aliphatic carbocycles. The number of ether oxygens (including phenoxy) is 2. The third-order valence-corrected chi connectivity index (χ3v) is 2.11. The number of hydrogen-bond donors (Lipinski definition) is 2. The van der Waals surface area contributed by atoms with Crippen LogP contribution in [0.25, 0.3) is 0 Å². The Hall–Kier alpha value is -2.31. The highest BCUT2D eigenvalue weighted by Gasteiger charge is 2.19. The Morgan fingerprint density at radius 3 is 2.95 bits per heavy atom. The molecule has 2 N–H and O–H groups in total. The maximum absolute atomic E-state index is 11.6. The number of pyridine rings is 1. The molecule has 0 aromatic carbocycles. The van der Waals surface area contributed by atoms with Crippen LogP contribution >= 0.6 is 0 Å². The number of fused-ring (bicyclic) bond motifs is 1. The van der Waals surface area contributed by atoms with Crippen molar-refractivity contribution in [2.45, 2.75) is 26.4 Å². The quantitative estimate of drug-likeness (QED) is 0.807. The number of carbonyl (C=O) groups is 2. The average molecular weight is 265 g/mol. The third-order valence-electron chi connectivity index (χ3n) is 2.11. The average Bonchev–Trinajstić information content (AvgIpc) is 2.25. The molecule has 102 valence electrons. The molecule has 0 saturated carbocycles. The number of carbonyl (C=O) groups excluding carboxylic acids is 2. The van der Waals surface area contributed by atoms with Gasteiger partial charge in [0.15, 0.2) is 6.61 Å². The zero-order chi connectivity index (χ0) is 14.0. The molecular formula is C12H15N3O4. The maximum atomic E-state index is 11.6. The van der Waals surface area contributed by atoms with Crippen molar-refractivity contribution in [3.05, 3.63) is 12.3 Å². The summed E-state index contributed by atoms with van der Waals surface area (Å²) in [5.74, 6) is 0.0676. The molecule has 0 radical (unpaired) electrons. The van der Waals surface area contributed by atoms with Gasteiger partial charge >= 0.3 is 6.09 Å². The van der Waals surface area contributed by atoms with Gasteiger partial charge < -0.3 is 14.8 Å².